The van der Waals surface area contributed by atoms with Gasteiger partial charge < -0.3 is 20.0 Å². The lowest BCUT2D eigenvalue weighted by Gasteiger charge is -2.40. The van der Waals surface area contributed by atoms with Crippen molar-refractivity contribution in [1.29, 1.82) is 0 Å². The van der Waals surface area contributed by atoms with Crippen LogP contribution >= 0.6 is 0 Å². The molecule has 1 atom stereocenters. The molecule has 1 rings (SSSR count). The van der Waals surface area contributed by atoms with Crippen LogP contribution in [0.1, 0.15) is 19.8 Å². The van der Waals surface area contributed by atoms with Crippen LogP contribution in [0.4, 0.5) is 0 Å². The van der Waals surface area contributed by atoms with Crippen molar-refractivity contribution in [3.8, 4) is 0 Å². The topological polar surface area (TPSA) is 46.9 Å². The molecule has 0 aromatic carbocycles. The van der Waals surface area contributed by atoms with Crippen LogP contribution in [0.3, 0.4) is 0 Å². The van der Waals surface area contributed by atoms with Crippen LogP contribution in [-0.2, 0) is 0 Å². The lowest BCUT2D eigenvalue weighted by Crippen LogP contribution is -2.49. The van der Waals surface area contributed by atoms with Gasteiger partial charge in [0, 0.05) is 24.5 Å². The Hall–Kier alpha value is -0.160. The van der Waals surface area contributed by atoms with Crippen LogP contribution in [0.15, 0.2) is 0 Å². The fraction of sp³-hybridized carbons (Fsp3) is 1.00. The number of piperidine rings is 1. The molecule has 0 aromatic heterocycles. The van der Waals surface area contributed by atoms with Gasteiger partial charge in [-0.25, -0.2) is 0 Å². The van der Waals surface area contributed by atoms with E-state index in [0.717, 1.165) is 19.6 Å². The highest BCUT2D eigenvalue weighted by Gasteiger charge is 2.29. The molecule has 1 aliphatic heterocycles. The molecule has 0 amide bonds. The third-order valence-corrected chi connectivity index (χ3v) is 3.58. The molecule has 16 heavy (non-hydrogen) atoms. The molecule has 0 aliphatic carbocycles. The number of aliphatic hydroxyl groups is 2. The van der Waals surface area contributed by atoms with Gasteiger partial charge in [-0.3, -0.25) is 0 Å². The number of likely N-dealkylation sites (tertiary alicyclic amines) is 1. The standard InChI is InChI=1S/C12H26N2O2/c1-12(9-15,10-16)8-14-6-4-5-11(7-14)13(2)3/h11,15-16H,4-10H2,1-3H3. The zero-order valence-electron chi connectivity index (χ0n) is 10.8. The maximum Gasteiger partial charge on any atom is 0.0519 e. The molecule has 1 fully saturated rings. The number of hydrogen-bond acceptors (Lipinski definition) is 4. The molecule has 0 radical (unpaired) electrons. The lowest BCUT2D eigenvalue weighted by atomic mass is 9.91. The Balaban J connectivity index is 2.48. The summed E-state index contributed by atoms with van der Waals surface area (Å²) in [4.78, 5) is 4.63. The van der Waals surface area contributed by atoms with E-state index in [9.17, 15) is 10.2 Å². The van der Waals surface area contributed by atoms with Crippen molar-refractivity contribution < 1.29 is 10.2 Å². The molecule has 1 unspecified atom stereocenters. The van der Waals surface area contributed by atoms with Crippen LogP contribution in [0.25, 0.3) is 0 Å². The van der Waals surface area contributed by atoms with Gasteiger partial charge in [0.25, 0.3) is 0 Å². The summed E-state index contributed by atoms with van der Waals surface area (Å²) < 4.78 is 0. The predicted octanol–water partition coefficient (Wildman–Crippen LogP) is 0.00330. The van der Waals surface area contributed by atoms with Crippen LogP contribution in [0.2, 0.25) is 0 Å². The molecule has 2 N–H and O–H groups in total. The molecule has 1 saturated heterocycles. The smallest absolute Gasteiger partial charge is 0.0519 e. The highest BCUT2D eigenvalue weighted by atomic mass is 16.3. The van der Waals surface area contributed by atoms with E-state index in [-0.39, 0.29) is 18.6 Å². The minimum atomic E-state index is -0.367. The Morgan fingerprint density at radius 3 is 2.44 bits per heavy atom. The Morgan fingerprint density at radius 2 is 1.94 bits per heavy atom. The quantitative estimate of drug-likeness (QED) is 0.698. The number of likely N-dealkylation sites (N-methyl/N-ethyl adjacent to an activating group) is 1. The SMILES string of the molecule is CN(C)C1CCCN(CC(C)(CO)CO)C1. The van der Waals surface area contributed by atoms with Crippen molar-refractivity contribution in [2.45, 2.75) is 25.8 Å². The third-order valence-electron chi connectivity index (χ3n) is 3.58. The van der Waals surface area contributed by atoms with Gasteiger partial charge in [0.05, 0.1) is 13.2 Å². The molecular weight excluding hydrogens is 204 g/mol. The molecule has 4 nitrogen and oxygen atoms in total. The summed E-state index contributed by atoms with van der Waals surface area (Å²) >= 11 is 0. The molecule has 1 heterocycles. The van der Waals surface area contributed by atoms with Crippen molar-refractivity contribution in [3.05, 3.63) is 0 Å². The van der Waals surface area contributed by atoms with E-state index in [2.05, 4.69) is 23.9 Å². The second kappa shape index (κ2) is 5.96. The third kappa shape index (κ3) is 3.70. The summed E-state index contributed by atoms with van der Waals surface area (Å²) in [5.74, 6) is 0. The predicted molar refractivity (Wildman–Crippen MR) is 65.4 cm³/mol. The summed E-state index contributed by atoms with van der Waals surface area (Å²) in [6, 6.07) is 0.607. The van der Waals surface area contributed by atoms with Gasteiger partial charge >= 0.3 is 0 Å². The largest absolute Gasteiger partial charge is 0.396 e. The second-order valence-corrected chi connectivity index (χ2v) is 5.62. The molecule has 0 spiro atoms. The fourth-order valence-corrected chi connectivity index (χ4v) is 2.29. The average molecular weight is 230 g/mol. The molecular formula is C12H26N2O2. The summed E-state index contributed by atoms with van der Waals surface area (Å²) in [5.41, 5.74) is -0.367. The summed E-state index contributed by atoms with van der Waals surface area (Å²) in [6.45, 7) is 4.94. The molecule has 4 heteroatoms. The Bertz CT molecular complexity index is 205. The minimum absolute atomic E-state index is 0.0482. The fourth-order valence-electron chi connectivity index (χ4n) is 2.29. The minimum Gasteiger partial charge on any atom is -0.396 e. The Kier molecular flexibility index (Phi) is 5.18. The molecule has 0 aromatic rings. The number of rotatable bonds is 5. The van der Waals surface area contributed by atoms with Gasteiger partial charge in [-0.2, -0.15) is 0 Å². The highest BCUT2D eigenvalue weighted by Crippen LogP contribution is 2.20. The van der Waals surface area contributed by atoms with Crippen molar-refractivity contribution in [1.82, 2.24) is 9.80 Å². The van der Waals surface area contributed by atoms with Gasteiger partial charge in [-0.15, -0.1) is 0 Å². The van der Waals surface area contributed by atoms with Crippen LogP contribution in [-0.4, -0.2) is 73.0 Å². The summed E-state index contributed by atoms with van der Waals surface area (Å²) in [7, 11) is 4.23. The van der Waals surface area contributed by atoms with Gasteiger partial charge in [-0.1, -0.05) is 6.92 Å². The van der Waals surface area contributed by atoms with Crippen molar-refractivity contribution in [2.75, 3.05) is 46.9 Å². The van der Waals surface area contributed by atoms with E-state index in [0.29, 0.717) is 6.04 Å². The Morgan fingerprint density at radius 1 is 1.31 bits per heavy atom. The van der Waals surface area contributed by atoms with E-state index >= 15 is 0 Å². The average Bonchev–Trinajstić information content (AvgIpc) is 2.29. The Labute approximate surface area is 98.9 Å². The van der Waals surface area contributed by atoms with Crippen molar-refractivity contribution in [3.63, 3.8) is 0 Å². The van der Waals surface area contributed by atoms with E-state index in [1.54, 1.807) is 0 Å². The summed E-state index contributed by atoms with van der Waals surface area (Å²) in [5, 5.41) is 18.6. The number of hydrogen-bond donors (Lipinski definition) is 2. The molecule has 1 aliphatic rings. The van der Waals surface area contributed by atoms with Crippen LogP contribution in [0.5, 0.6) is 0 Å². The summed E-state index contributed by atoms with van der Waals surface area (Å²) in [6.07, 6.45) is 2.45. The lowest BCUT2D eigenvalue weighted by molar-refractivity contribution is 0.0183. The molecule has 96 valence electrons. The zero-order valence-corrected chi connectivity index (χ0v) is 10.8. The van der Waals surface area contributed by atoms with E-state index in [4.69, 9.17) is 0 Å². The van der Waals surface area contributed by atoms with Crippen molar-refractivity contribution in [2.24, 2.45) is 5.41 Å². The van der Waals surface area contributed by atoms with Gasteiger partial charge in [0.1, 0.15) is 0 Å². The van der Waals surface area contributed by atoms with E-state index < -0.39 is 0 Å². The maximum absolute atomic E-state index is 9.29. The molecule has 0 bridgehead atoms. The zero-order chi connectivity index (χ0) is 12.2. The van der Waals surface area contributed by atoms with E-state index in [1.807, 2.05) is 6.92 Å². The van der Waals surface area contributed by atoms with Gasteiger partial charge in [-0.05, 0) is 33.5 Å². The first-order valence-electron chi connectivity index (χ1n) is 6.11. The maximum atomic E-state index is 9.29. The van der Waals surface area contributed by atoms with E-state index in [1.165, 1.54) is 12.8 Å². The number of nitrogens with zero attached hydrogens (tertiary/aromatic N) is 2. The van der Waals surface area contributed by atoms with Crippen molar-refractivity contribution >= 4 is 0 Å². The van der Waals surface area contributed by atoms with Gasteiger partial charge in [0.15, 0.2) is 0 Å². The molecule has 0 saturated carbocycles. The normalized spacial score (nSPS) is 24.0. The highest BCUT2D eigenvalue weighted by molar-refractivity contribution is 4.83. The number of aliphatic hydroxyl groups excluding tert-OH is 2. The second-order valence-electron chi connectivity index (χ2n) is 5.62. The van der Waals surface area contributed by atoms with Gasteiger partial charge in [0.2, 0.25) is 0 Å². The van der Waals surface area contributed by atoms with Crippen LogP contribution < -0.4 is 0 Å². The van der Waals surface area contributed by atoms with Crippen LogP contribution in [0, 0.1) is 5.41 Å². The first kappa shape index (κ1) is 13.9. The first-order valence-corrected chi connectivity index (χ1v) is 6.11. The monoisotopic (exact) mass is 230 g/mol. The first-order chi connectivity index (χ1) is 7.50.